The molecule has 0 aliphatic heterocycles. The van der Waals surface area contributed by atoms with Crippen LogP contribution in [0, 0.1) is 0 Å². The van der Waals surface area contributed by atoms with Gasteiger partial charge in [0.2, 0.25) is 0 Å². The summed E-state index contributed by atoms with van der Waals surface area (Å²) in [5.74, 6) is 0.286. The van der Waals surface area contributed by atoms with Crippen LogP contribution in [0.15, 0.2) is 45.3 Å². The summed E-state index contributed by atoms with van der Waals surface area (Å²) in [5.41, 5.74) is 2.58. The highest BCUT2D eigenvalue weighted by Gasteiger charge is 2.15. The lowest BCUT2D eigenvalue weighted by Gasteiger charge is -2.06. The number of carbonyl (C=O) groups excluding carboxylic acids is 1. The van der Waals surface area contributed by atoms with Crippen LogP contribution in [-0.2, 0) is 25.4 Å². The van der Waals surface area contributed by atoms with E-state index in [4.69, 9.17) is 4.74 Å². The number of ether oxygens (including phenoxy) is 1. The Bertz CT molecular complexity index is 1140. The highest BCUT2D eigenvalue weighted by Crippen LogP contribution is 2.09. The van der Waals surface area contributed by atoms with Crippen LogP contribution in [0.1, 0.15) is 5.56 Å². The van der Waals surface area contributed by atoms with Crippen molar-refractivity contribution in [3.63, 3.8) is 0 Å². The van der Waals surface area contributed by atoms with Crippen LogP contribution < -0.4 is 21.4 Å². The van der Waals surface area contributed by atoms with Gasteiger partial charge in [-0.1, -0.05) is 0 Å². The average Bonchev–Trinajstić information content (AvgIpc) is 3.08. The average molecular weight is 370 g/mol. The minimum Gasteiger partial charge on any atom is -0.497 e. The number of aryl methyl sites for hydroxylation is 1. The van der Waals surface area contributed by atoms with E-state index in [9.17, 15) is 14.4 Å². The zero-order chi connectivity index (χ0) is 19.6. The molecule has 27 heavy (non-hydrogen) atoms. The molecule has 1 amide bonds. The summed E-state index contributed by atoms with van der Waals surface area (Å²) < 4.78 is 8.68. The molecule has 0 unspecified atom stereocenters. The maximum atomic E-state index is 12.3. The predicted molar refractivity (Wildman–Crippen MR) is 98.9 cm³/mol. The number of aromatic nitrogens is 4. The summed E-state index contributed by atoms with van der Waals surface area (Å²) in [6, 6.07) is 7.14. The van der Waals surface area contributed by atoms with Gasteiger partial charge in [-0.25, -0.2) is 15.2 Å². The molecule has 140 valence electrons. The zero-order valence-electron chi connectivity index (χ0n) is 15.0. The fourth-order valence-corrected chi connectivity index (χ4v) is 2.58. The Morgan fingerprint density at radius 3 is 2.59 bits per heavy atom. The summed E-state index contributed by atoms with van der Waals surface area (Å²) in [7, 11) is 4.47. The third kappa shape index (κ3) is 3.50. The van der Waals surface area contributed by atoms with Crippen LogP contribution in [-0.4, -0.2) is 37.9 Å². The molecular formula is C17H18N6O4. The lowest BCUT2D eigenvalue weighted by atomic mass is 10.2. The van der Waals surface area contributed by atoms with E-state index >= 15 is 0 Å². The van der Waals surface area contributed by atoms with Crippen LogP contribution in [0.2, 0.25) is 0 Å². The quantitative estimate of drug-likeness (QED) is 0.485. The van der Waals surface area contributed by atoms with Crippen LogP contribution in [0.4, 0.5) is 0 Å². The predicted octanol–water partition coefficient (Wildman–Crippen LogP) is -0.407. The molecule has 0 fully saturated rings. The number of rotatable bonds is 5. The molecule has 0 aliphatic carbocycles. The Morgan fingerprint density at radius 2 is 1.93 bits per heavy atom. The highest BCUT2D eigenvalue weighted by atomic mass is 16.5. The molecule has 10 nitrogen and oxygen atoms in total. The normalized spacial score (nSPS) is 11.2. The van der Waals surface area contributed by atoms with Crippen molar-refractivity contribution in [2.24, 2.45) is 19.2 Å². The van der Waals surface area contributed by atoms with E-state index in [0.29, 0.717) is 0 Å². The maximum Gasteiger partial charge on any atom is 0.332 e. The summed E-state index contributed by atoms with van der Waals surface area (Å²) in [4.78, 5) is 40.4. The van der Waals surface area contributed by atoms with E-state index < -0.39 is 17.2 Å². The first kappa shape index (κ1) is 18.1. The minimum atomic E-state index is -0.514. The van der Waals surface area contributed by atoms with Crippen molar-refractivity contribution < 1.29 is 9.53 Å². The molecule has 0 radical (unpaired) electrons. The fraction of sp³-hybridized carbons (Fsp3) is 0.235. The minimum absolute atomic E-state index is 0.163. The van der Waals surface area contributed by atoms with Gasteiger partial charge >= 0.3 is 5.69 Å². The Morgan fingerprint density at radius 1 is 1.22 bits per heavy atom. The molecule has 3 rings (SSSR count). The van der Waals surface area contributed by atoms with Crippen molar-refractivity contribution in [2.45, 2.75) is 6.54 Å². The van der Waals surface area contributed by atoms with Gasteiger partial charge < -0.3 is 9.30 Å². The summed E-state index contributed by atoms with van der Waals surface area (Å²) in [6.07, 6.45) is 2.84. The molecule has 3 aromatic rings. The number of methoxy groups -OCH3 is 1. The molecule has 0 aliphatic rings. The van der Waals surface area contributed by atoms with E-state index in [0.717, 1.165) is 15.9 Å². The molecule has 2 aromatic heterocycles. The van der Waals surface area contributed by atoms with Gasteiger partial charge in [0.1, 0.15) is 12.3 Å². The second-order valence-corrected chi connectivity index (χ2v) is 5.82. The molecule has 0 saturated heterocycles. The first-order valence-electron chi connectivity index (χ1n) is 7.99. The van der Waals surface area contributed by atoms with Crippen molar-refractivity contribution in [1.82, 2.24) is 24.1 Å². The van der Waals surface area contributed by atoms with Crippen LogP contribution in [0.3, 0.4) is 0 Å². The number of nitrogens with one attached hydrogen (secondary N) is 1. The standard InChI is InChI=1S/C17H18N6O4/c1-21-15-14(16(25)22(2)17(21)26)23(10-18-15)9-13(24)20-19-8-11-4-6-12(27-3)7-5-11/h4-8,10H,9H2,1-3H3,(H,20,24)/b19-8+. The van der Waals surface area contributed by atoms with Gasteiger partial charge in [0, 0.05) is 14.1 Å². The molecule has 0 spiro atoms. The molecule has 0 atom stereocenters. The monoisotopic (exact) mass is 370 g/mol. The molecule has 0 bridgehead atoms. The first-order chi connectivity index (χ1) is 12.9. The van der Waals surface area contributed by atoms with Gasteiger partial charge in [0.25, 0.3) is 11.5 Å². The van der Waals surface area contributed by atoms with E-state index in [1.807, 2.05) is 0 Å². The zero-order valence-corrected chi connectivity index (χ0v) is 15.0. The maximum absolute atomic E-state index is 12.3. The Labute approximate surface area is 153 Å². The number of imidazole rings is 1. The third-order valence-electron chi connectivity index (χ3n) is 4.05. The van der Waals surface area contributed by atoms with Crippen LogP contribution in [0.25, 0.3) is 11.2 Å². The van der Waals surface area contributed by atoms with Crippen molar-refractivity contribution in [2.75, 3.05) is 7.11 Å². The highest BCUT2D eigenvalue weighted by molar-refractivity contribution is 5.83. The lowest BCUT2D eigenvalue weighted by Crippen LogP contribution is -2.38. The van der Waals surface area contributed by atoms with Gasteiger partial charge in [0.05, 0.1) is 19.7 Å². The largest absolute Gasteiger partial charge is 0.497 e. The number of nitrogens with zero attached hydrogens (tertiary/aromatic N) is 5. The van der Waals surface area contributed by atoms with Crippen molar-refractivity contribution in [1.29, 1.82) is 0 Å². The van der Waals surface area contributed by atoms with E-state index in [2.05, 4.69) is 15.5 Å². The van der Waals surface area contributed by atoms with E-state index in [-0.39, 0.29) is 17.7 Å². The number of hydrogen-bond acceptors (Lipinski definition) is 6. The topological polar surface area (TPSA) is 113 Å². The van der Waals surface area contributed by atoms with Gasteiger partial charge in [-0.3, -0.25) is 18.7 Å². The van der Waals surface area contributed by atoms with Crippen LogP contribution >= 0.6 is 0 Å². The van der Waals surface area contributed by atoms with Crippen molar-refractivity contribution >= 4 is 23.3 Å². The SMILES string of the molecule is COc1ccc(/C=N/NC(=O)Cn2cnc3c2c(=O)n(C)c(=O)n3C)cc1. The fourth-order valence-electron chi connectivity index (χ4n) is 2.58. The van der Waals surface area contributed by atoms with Crippen molar-refractivity contribution in [3.8, 4) is 5.75 Å². The molecule has 10 heteroatoms. The molecule has 2 heterocycles. The molecule has 1 aromatic carbocycles. The van der Waals surface area contributed by atoms with Gasteiger partial charge in [-0.15, -0.1) is 0 Å². The number of hydrogen-bond donors (Lipinski definition) is 1. The molecule has 0 saturated carbocycles. The van der Waals surface area contributed by atoms with E-state index in [1.54, 1.807) is 31.4 Å². The number of carbonyl (C=O) groups is 1. The number of amides is 1. The number of fused-ring (bicyclic) bond motifs is 1. The smallest absolute Gasteiger partial charge is 0.332 e. The first-order valence-corrected chi connectivity index (χ1v) is 7.99. The Balaban J connectivity index is 1.75. The Kier molecular flexibility index (Phi) is 4.88. The third-order valence-corrected chi connectivity index (χ3v) is 4.05. The van der Waals surface area contributed by atoms with Crippen molar-refractivity contribution in [3.05, 3.63) is 57.0 Å². The number of hydrazone groups is 1. The summed E-state index contributed by atoms with van der Waals surface area (Å²) in [5, 5.41) is 3.89. The van der Waals surface area contributed by atoms with Gasteiger partial charge in [-0.05, 0) is 29.8 Å². The summed E-state index contributed by atoms with van der Waals surface area (Å²) >= 11 is 0. The van der Waals surface area contributed by atoms with E-state index in [1.165, 1.54) is 35.8 Å². The second-order valence-electron chi connectivity index (χ2n) is 5.82. The summed E-state index contributed by atoms with van der Waals surface area (Å²) in [6.45, 7) is -0.163. The Hall–Kier alpha value is -3.69. The van der Waals surface area contributed by atoms with Gasteiger partial charge in [-0.2, -0.15) is 5.10 Å². The lowest BCUT2D eigenvalue weighted by molar-refractivity contribution is -0.121. The van der Waals surface area contributed by atoms with Gasteiger partial charge in [0.15, 0.2) is 11.2 Å². The molecule has 1 N–H and O–H groups in total. The van der Waals surface area contributed by atoms with Crippen LogP contribution in [0.5, 0.6) is 5.75 Å². The molecular weight excluding hydrogens is 352 g/mol. The second kappa shape index (κ2) is 7.28. The number of benzene rings is 1.